The number of thiophene rings is 1. The van der Waals surface area contributed by atoms with E-state index in [9.17, 15) is 13.2 Å². The average Bonchev–Trinajstić information content (AvgIpc) is 3.03. The Hall–Kier alpha value is -0.920. The molecule has 2 atom stereocenters. The molecule has 3 heterocycles. The molecule has 4 rings (SSSR count). The molecule has 5 nitrogen and oxygen atoms in total. The smallest absolute Gasteiger partial charge is 0.252 e. The molecule has 3 aliphatic rings. The van der Waals surface area contributed by atoms with E-state index in [0.717, 1.165) is 38.8 Å². The van der Waals surface area contributed by atoms with Crippen molar-refractivity contribution in [1.82, 2.24) is 9.21 Å². The zero-order valence-electron chi connectivity index (χ0n) is 12.4. The highest BCUT2D eigenvalue weighted by atomic mass is 32.2. The van der Waals surface area contributed by atoms with Crippen LogP contribution in [0, 0.1) is 11.3 Å². The summed E-state index contributed by atoms with van der Waals surface area (Å²) in [6, 6.07) is 3.42. The topological polar surface area (TPSA) is 57.7 Å². The summed E-state index contributed by atoms with van der Waals surface area (Å²) in [7, 11) is -3.37. The van der Waals surface area contributed by atoms with Crippen molar-refractivity contribution in [3.05, 3.63) is 17.5 Å². The van der Waals surface area contributed by atoms with Crippen molar-refractivity contribution in [3.63, 3.8) is 0 Å². The number of sulfonamides is 1. The molecule has 0 unspecified atom stereocenters. The summed E-state index contributed by atoms with van der Waals surface area (Å²) in [4.78, 5) is 14.5. The van der Waals surface area contributed by atoms with Crippen molar-refractivity contribution < 1.29 is 13.2 Å². The minimum Gasteiger partial charge on any atom is -0.342 e. The molecule has 120 valence electrons. The van der Waals surface area contributed by atoms with Crippen LogP contribution in [0.1, 0.15) is 25.7 Å². The lowest BCUT2D eigenvalue weighted by molar-refractivity contribution is -0.132. The molecule has 0 aromatic carbocycles. The van der Waals surface area contributed by atoms with Gasteiger partial charge in [-0.3, -0.25) is 4.79 Å². The van der Waals surface area contributed by atoms with Gasteiger partial charge < -0.3 is 4.90 Å². The van der Waals surface area contributed by atoms with Crippen molar-refractivity contribution in [2.45, 2.75) is 29.9 Å². The van der Waals surface area contributed by atoms with Gasteiger partial charge in [0.15, 0.2) is 0 Å². The molecule has 2 aliphatic heterocycles. The lowest BCUT2D eigenvalue weighted by Gasteiger charge is -2.18. The minimum atomic E-state index is -3.37. The number of carbonyl (C=O) groups excluding carboxylic acids is 1. The van der Waals surface area contributed by atoms with E-state index < -0.39 is 10.0 Å². The van der Waals surface area contributed by atoms with Crippen LogP contribution in [0.25, 0.3) is 0 Å². The van der Waals surface area contributed by atoms with E-state index in [1.165, 1.54) is 11.3 Å². The molecule has 0 bridgehead atoms. The van der Waals surface area contributed by atoms with Gasteiger partial charge in [0.25, 0.3) is 10.0 Å². The highest BCUT2D eigenvalue weighted by molar-refractivity contribution is 7.91. The summed E-state index contributed by atoms with van der Waals surface area (Å²) < 4.78 is 27.2. The number of nitrogens with zero attached hydrogens (tertiary/aromatic N) is 2. The van der Waals surface area contributed by atoms with Crippen molar-refractivity contribution >= 4 is 27.3 Å². The molecule has 3 fully saturated rings. The van der Waals surface area contributed by atoms with Gasteiger partial charge in [0.2, 0.25) is 5.91 Å². The zero-order chi connectivity index (χ0) is 15.4. The number of hydrogen-bond donors (Lipinski definition) is 0. The van der Waals surface area contributed by atoms with Crippen molar-refractivity contribution in [2.75, 3.05) is 26.2 Å². The summed E-state index contributed by atoms with van der Waals surface area (Å²) in [5.74, 6) is 0.307. The molecule has 1 amide bonds. The van der Waals surface area contributed by atoms with Gasteiger partial charge in [0.05, 0.1) is 0 Å². The van der Waals surface area contributed by atoms with Gasteiger partial charge in [-0.05, 0) is 42.5 Å². The van der Waals surface area contributed by atoms with Crippen LogP contribution >= 0.6 is 11.3 Å². The molecule has 2 saturated heterocycles. The summed E-state index contributed by atoms with van der Waals surface area (Å²) in [5, 5.41) is 1.79. The standard InChI is InChI=1S/C15H20N2O3S2/c18-14(16-6-1-2-7-16)12-10-15(12)5-8-17(11-15)22(19,20)13-4-3-9-21-13/h3-4,9,12H,1-2,5-8,10-11H2/t12-,15-/m0/s1. The lowest BCUT2D eigenvalue weighted by Crippen LogP contribution is -2.32. The maximum atomic E-state index is 12.6. The van der Waals surface area contributed by atoms with E-state index >= 15 is 0 Å². The molecule has 1 aromatic rings. The van der Waals surface area contributed by atoms with E-state index in [1.54, 1.807) is 21.8 Å². The molecule has 7 heteroatoms. The van der Waals surface area contributed by atoms with Crippen LogP contribution in [0.2, 0.25) is 0 Å². The van der Waals surface area contributed by atoms with Gasteiger partial charge in [-0.25, -0.2) is 8.42 Å². The highest BCUT2D eigenvalue weighted by Crippen LogP contribution is 2.59. The lowest BCUT2D eigenvalue weighted by atomic mass is 10.0. The largest absolute Gasteiger partial charge is 0.342 e. The summed E-state index contributed by atoms with van der Waals surface area (Å²) in [6.45, 7) is 2.81. The van der Waals surface area contributed by atoms with Crippen LogP contribution in [-0.2, 0) is 14.8 Å². The first-order valence-corrected chi connectivity index (χ1v) is 10.2. The first-order chi connectivity index (χ1) is 10.5. The van der Waals surface area contributed by atoms with Gasteiger partial charge in [-0.1, -0.05) is 6.07 Å². The second kappa shape index (κ2) is 5.04. The zero-order valence-corrected chi connectivity index (χ0v) is 14.0. The molecule has 1 saturated carbocycles. The van der Waals surface area contributed by atoms with Crippen LogP contribution in [-0.4, -0.2) is 49.7 Å². The molecule has 0 N–H and O–H groups in total. The maximum absolute atomic E-state index is 12.6. The maximum Gasteiger partial charge on any atom is 0.252 e. The fraction of sp³-hybridized carbons (Fsp3) is 0.667. The number of carbonyl (C=O) groups is 1. The Morgan fingerprint density at radius 2 is 2.05 bits per heavy atom. The first kappa shape index (κ1) is 14.7. The summed E-state index contributed by atoms with van der Waals surface area (Å²) >= 11 is 1.26. The Kier molecular flexibility index (Phi) is 3.36. The van der Waals surface area contributed by atoms with E-state index in [4.69, 9.17) is 0 Å². The van der Waals surface area contributed by atoms with E-state index in [1.807, 2.05) is 4.90 Å². The molecular weight excluding hydrogens is 320 g/mol. The SMILES string of the molecule is O=C([C@@H]1C[C@]12CCN(S(=O)(=O)c1cccs1)C2)N1CCCC1. The van der Waals surface area contributed by atoms with Gasteiger partial charge in [0, 0.05) is 32.1 Å². The van der Waals surface area contributed by atoms with E-state index in [0.29, 0.717) is 17.3 Å². The van der Waals surface area contributed by atoms with Crippen molar-refractivity contribution in [2.24, 2.45) is 11.3 Å². The van der Waals surface area contributed by atoms with Crippen LogP contribution in [0.5, 0.6) is 0 Å². The minimum absolute atomic E-state index is 0.0501. The van der Waals surface area contributed by atoms with E-state index in [-0.39, 0.29) is 17.2 Å². The Bertz CT molecular complexity index is 680. The highest BCUT2D eigenvalue weighted by Gasteiger charge is 2.63. The second-order valence-electron chi connectivity index (χ2n) is 6.67. The number of likely N-dealkylation sites (tertiary alicyclic amines) is 1. The third-order valence-electron chi connectivity index (χ3n) is 5.35. The van der Waals surface area contributed by atoms with E-state index in [2.05, 4.69) is 0 Å². The van der Waals surface area contributed by atoms with Crippen LogP contribution in [0.15, 0.2) is 21.7 Å². The normalized spacial score (nSPS) is 32.0. The first-order valence-electron chi connectivity index (χ1n) is 7.85. The van der Waals surface area contributed by atoms with Gasteiger partial charge in [0.1, 0.15) is 4.21 Å². The van der Waals surface area contributed by atoms with Crippen LogP contribution in [0.4, 0.5) is 0 Å². The molecule has 1 aliphatic carbocycles. The van der Waals surface area contributed by atoms with Gasteiger partial charge in [-0.2, -0.15) is 4.31 Å². The summed E-state index contributed by atoms with van der Waals surface area (Å²) in [5.41, 5.74) is -0.0794. The molecule has 0 radical (unpaired) electrons. The molecule has 1 spiro atoms. The Morgan fingerprint density at radius 1 is 1.27 bits per heavy atom. The quantitative estimate of drug-likeness (QED) is 0.843. The Morgan fingerprint density at radius 3 is 2.73 bits per heavy atom. The number of amides is 1. The summed E-state index contributed by atoms with van der Waals surface area (Å²) in [6.07, 6.45) is 3.88. The number of hydrogen-bond acceptors (Lipinski definition) is 4. The Balaban J connectivity index is 1.46. The monoisotopic (exact) mass is 340 g/mol. The number of rotatable bonds is 3. The third-order valence-corrected chi connectivity index (χ3v) is 8.56. The molecule has 22 heavy (non-hydrogen) atoms. The average molecular weight is 340 g/mol. The fourth-order valence-electron chi connectivity index (χ4n) is 3.91. The third kappa shape index (κ3) is 2.21. The molecular formula is C15H20N2O3S2. The second-order valence-corrected chi connectivity index (χ2v) is 9.78. The van der Waals surface area contributed by atoms with Gasteiger partial charge >= 0.3 is 0 Å². The molecule has 1 aromatic heterocycles. The van der Waals surface area contributed by atoms with Crippen molar-refractivity contribution in [1.29, 1.82) is 0 Å². The van der Waals surface area contributed by atoms with Crippen molar-refractivity contribution in [3.8, 4) is 0 Å². The van der Waals surface area contributed by atoms with Crippen LogP contribution in [0.3, 0.4) is 0 Å². The predicted octanol–water partition coefficient (Wildman–Crippen LogP) is 1.77. The van der Waals surface area contributed by atoms with Gasteiger partial charge in [-0.15, -0.1) is 11.3 Å². The van der Waals surface area contributed by atoms with Crippen LogP contribution < -0.4 is 0 Å². The fourth-order valence-corrected chi connectivity index (χ4v) is 6.59. The predicted molar refractivity (Wildman–Crippen MR) is 84.0 cm³/mol. The Labute approximate surface area is 135 Å².